The van der Waals surface area contributed by atoms with Gasteiger partial charge in [0.15, 0.2) is 0 Å². The van der Waals surface area contributed by atoms with Gasteiger partial charge in [-0.15, -0.1) is 0 Å². The van der Waals surface area contributed by atoms with Crippen LogP contribution < -0.4 is 0 Å². The standard InChI is InChI=1S/C19H20N2O3/c1-13-5-3-6-14(9-13)15-10-16(12-20-11-15)17(22)21-8-4-7-19(21,2)18(23)24/h3,5-6,9-12H,4,7-8H2,1-2H3,(H,23,24). The van der Waals surface area contributed by atoms with E-state index in [2.05, 4.69) is 4.98 Å². The zero-order chi connectivity index (χ0) is 17.3. The molecule has 1 fully saturated rings. The smallest absolute Gasteiger partial charge is 0.329 e. The van der Waals surface area contributed by atoms with Gasteiger partial charge in [-0.3, -0.25) is 9.78 Å². The van der Waals surface area contributed by atoms with Crippen LogP contribution in [0.3, 0.4) is 0 Å². The van der Waals surface area contributed by atoms with Crippen LogP contribution in [0.4, 0.5) is 0 Å². The highest BCUT2D eigenvalue weighted by atomic mass is 16.4. The van der Waals surface area contributed by atoms with E-state index in [4.69, 9.17) is 0 Å². The van der Waals surface area contributed by atoms with Crippen molar-refractivity contribution in [1.29, 1.82) is 0 Å². The third-order valence-corrected chi connectivity index (χ3v) is 4.68. The first kappa shape index (κ1) is 16.2. The van der Waals surface area contributed by atoms with Gasteiger partial charge in [0.25, 0.3) is 5.91 Å². The van der Waals surface area contributed by atoms with E-state index in [-0.39, 0.29) is 5.91 Å². The van der Waals surface area contributed by atoms with Crippen molar-refractivity contribution >= 4 is 11.9 Å². The molecule has 1 N–H and O–H groups in total. The summed E-state index contributed by atoms with van der Waals surface area (Å²) in [5.41, 5.74) is 2.24. The van der Waals surface area contributed by atoms with Crippen LogP contribution in [0.15, 0.2) is 42.7 Å². The monoisotopic (exact) mass is 324 g/mol. The number of carboxylic acid groups (broad SMARTS) is 1. The lowest BCUT2D eigenvalue weighted by molar-refractivity contribution is -0.147. The van der Waals surface area contributed by atoms with Gasteiger partial charge in [-0.05, 0) is 38.3 Å². The van der Waals surface area contributed by atoms with Gasteiger partial charge in [-0.2, -0.15) is 0 Å². The molecule has 1 aliphatic rings. The van der Waals surface area contributed by atoms with E-state index in [9.17, 15) is 14.7 Å². The molecule has 3 rings (SSSR count). The number of nitrogens with zero attached hydrogens (tertiary/aromatic N) is 2. The van der Waals surface area contributed by atoms with Gasteiger partial charge in [0.1, 0.15) is 5.54 Å². The molecule has 0 bridgehead atoms. The second-order valence-electron chi connectivity index (χ2n) is 6.47. The van der Waals surface area contributed by atoms with Gasteiger partial charge in [0, 0.05) is 24.5 Å². The second kappa shape index (κ2) is 6.07. The predicted octanol–water partition coefficient (Wildman–Crippen LogP) is 3.14. The maximum Gasteiger partial charge on any atom is 0.329 e. The minimum atomic E-state index is -1.14. The summed E-state index contributed by atoms with van der Waals surface area (Å²) >= 11 is 0. The zero-order valence-corrected chi connectivity index (χ0v) is 13.8. The maximum absolute atomic E-state index is 12.8. The first-order valence-electron chi connectivity index (χ1n) is 7.99. The molecule has 2 aromatic rings. The summed E-state index contributed by atoms with van der Waals surface area (Å²) < 4.78 is 0. The van der Waals surface area contributed by atoms with Crippen molar-refractivity contribution in [3.05, 3.63) is 53.9 Å². The van der Waals surface area contributed by atoms with Gasteiger partial charge in [-0.1, -0.05) is 29.8 Å². The molecule has 1 aromatic carbocycles. The van der Waals surface area contributed by atoms with Gasteiger partial charge in [-0.25, -0.2) is 4.79 Å². The highest BCUT2D eigenvalue weighted by Crippen LogP contribution is 2.31. The molecular weight excluding hydrogens is 304 g/mol. The first-order chi connectivity index (χ1) is 11.4. The molecule has 1 saturated heterocycles. The molecule has 24 heavy (non-hydrogen) atoms. The lowest BCUT2D eigenvalue weighted by Gasteiger charge is -2.31. The number of benzene rings is 1. The van der Waals surface area contributed by atoms with E-state index >= 15 is 0 Å². The molecule has 1 aliphatic heterocycles. The van der Waals surface area contributed by atoms with Crippen molar-refractivity contribution in [3.8, 4) is 11.1 Å². The Labute approximate surface area is 140 Å². The lowest BCUT2D eigenvalue weighted by atomic mass is 9.98. The molecule has 1 unspecified atom stereocenters. The molecule has 0 aliphatic carbocycles. The van der Waals surface area contributed by atoms with E-state index < -0.39 is 11.5 Å². The van der Waals surface area contributed by atoms with E-state index in [1.165, 1.54) is 11.1 Å². The Morgan fingerprint density at radius 2 is 2.00 bits per heavy atom. The minimum Gasteiger partial charge on any atom is -0.480 e. The molecular formula is C19H20N2O3. The van der Waals surface area contributed by atoms with Gasteiger partial charge < -0.3 is 10.0 Å². The van der Waals surface area contributed by atoms with Crippen molar-refractivity contribution in [2.24, 2.45) is 0 Å². The Bertz CT molecular complexity index is 803. The first-order valence-corrected chi connectivity index (χ1v) is 7.99. The van der Waals surface area contributed by atoms with Crippen LogP contribution in [-0.2, 0) is 4.79 Å². The van der Waals surface area contributed by atoms with E-state index in [1.807, 2.05) is 31.2 Å². The highest BCUT2D eigenvalue weighted by molar-refractivity contribution is 5.98. The van der Waals surface area contributed by atoms with Crippen LogP contribution in [0.25, 0.3) is 11.1 Å². The summed E-state index contributed by atoms with van der Waals surface area (Å²) in [6.07, 6.45) is 4.38. The molecule has 1 aromatic heterocycles. The van der Waals surface area contributed by atoms with Crippen molar-refractivity contribution in [1.82, 2.24) is 9.88 Å². The summed E-state index contributed by atoms with van der Waals surface area (Å²) in [4.78, 5) is 30.1. The van der Waals surface area contributed by atoms with Crippen molar-refractivity contribution in [2.75, 3.05) is 6.54 Å². The average Bonchev–Trinajstić information content (AvgIpc) is 2.97. The molecule has 124 valence electrons. The fraction of sp³-hybridized carbons (Fsp3) is 0.316. The quantitative estimate of drug-likeness (QED) is 0.941. The summed E-state index contributed by atoms with van der Waals surface area (Å²) in [5, 5.41) is 9.49. The second-order valence-corrected chi connectivity index (χ2v) is 6.47. The molecule has 0 saturated carbocycles. The molecule has 1 atom stereocenters. The third kappa shape index (κ3) is 2.77. The number of likely N-dealkylation sites (tertiary alicyclic amines) is 1. The number of hydrogen-bond acceptors (Lipinski definition) is 3. The summed E-state index contributed by atoms with van der Waals surface area (Å²) in [7, 11) is 0. The Morgan fingerprint density at radius 3 is 2.71 bits per heavy atom. The fourth-order valence-electron chi connectivity index (χ4n) is 3.21. The third-order valence-electron chi connectivity index (χ3n) is 4.68. The molecule has 5 heteroatoms. The number of aromatic nitrogens is 1. The predicted molar refractivity (Wildman–Crippen MR) is 90.7 cm³/mol. The van der Waals surface area contributed by atoms with Crippen molar-refractivity contribution in [3.63, 3.8) is 0 Å². The highest BCUT2D eigenvalue weighted by Gasteiger charge is 2.46. The number of amides is 1. The minimum absolute atomic E-state index is 0.278. The molecule has 5 nitrogen and oxygen atoms in total. The van der Waals surface area contributed by atoms with Crippen LogP contribution >= 0.6 is 0 Å². The van der Waals surface area contributed by atoms with Crippen LogP contribution in [0.5, 0.6) is 0 Å². The molecule has 0 spiro atoms. The number of rotatable bonds is 3. The zero-order valence-electron chi connectivity index (χ0n) is 13.8. The van der Waals surface area contributed by atoms with Gasteiger partial charge >= 0.3 is 5.97 Å². The number of pyridine rings is 1. The summed E-state index contributed by atoms with van der Waals surface area (Å²) in [6.45, 7) is 4.07. The number of carboxylic acids is 1. The van der Waals surface area contributed by atoms with E-state index in [1.54, 1.807) is 19.2 Å². The van der Waals surface area contributed by atoms with Crippen LogP contribution in [0, 0.1) is 6.92 Å². The number of aryl methyl sites for hydroxylation is 1. The number of carbonyl (C=O) groups is 2. The van der Waals surface area contributed by atoms with Crippen LogP contribution in [0.2, 0.25) is 0 Å². The Balaban J connectivity index is 1.94. The largest absolute Gasteiger partial charge is 0.480 e. The molecule has 1 amide bonds. The van der Waals surface area contributed by atoms with Gasteiger partial charge in [0.05, 0.1) is 5.56 Å². The topological polar surface area (TPSA) is 70.5 Å². The number of aliphatic carboxylic acids is 1. The van der Waals surface area contributed by atoms with Crippen LogP contribution in [0.1, 0.15) is 35.7 Å². The average molecular weight is 324 g/mol. The van der Waals surface area contributed by atoms with Crippen molar-refractivity contribution in [2.45, 2.75) is 32.2 Å². The van der Waals surface area contributed by atoms with Crippen molar-refractivity contribution < 1.29 is 14.7 Å². The number of carbonyl (C=O) groups excluding carboxylic acids is 1. The number of hydrogen-bond donors (Lipinski definition) is 1. The fourth-order valence-corrected chi connectivity index (χ4v) is 3.21. The Morgan fingerprint density at radius 1 is 1.21 bits per heavy atom. The Hall–Kier alpha value is -2.69. The SMILES string of the molecule is Cc1cccc(-c2cncc(C(=O)N3CCCC3(C)C(=O)O)c2)c1. The normalized spacial score (nSPS) is 20.2. The van der Waals surface area contributed by atoms with Crippen LogP contribution in [-0.4, -0.2) is 39.0 Å². The maximum atomic E-state index is 12.8. The molecule has 2 heterocycles. The summed E-state index contributed by atoms with van der Waals surface area (Å²) in [6, 6.07) is 9.75. The van der Waals surface area contributed by atoms with Gasteiger partial charge in [0.2, 0.25) is 0 Å². The van der Waals surface area contributed by atoms with E-state index in [0.717, 1.165) is 16.7 Å². The molecule has 0 radical (unpaired) electrons. The van der Waals surface area contributed by atoms with E-state index in [0.29, 0.717) is 24.9 Å². The lowest BCUT2D eigenvalue weighted by Crippen LogP contribution is -2.50. The summed E-state index contributed by atoms with van der Waals surface area (Å²) in [5.74, 6) is -1.24. The Kier molecular flexibility index (Phi) is 4.09.